The van der Waals surface area contributed by atoms with Crippen molar-refractivity contribution in [1.29, 1.82) is 0 Å². The van der Waals surface area contributed by atoms with E-state index in [0.29, 0.717) is 35.6 Å². The van der Waals surface area contributed by atoms with Gasteiger partial charge in [-0.15, -0.1) is 0 Å². The fourth-order valence-electron chi connectivity index (χ4n) is 3.84. The van der Waals surface area contributed by atoms with Gasteiger partial charge in [-0.25, -0.2) is 4.68 Å². The van der Waals surface area contributed by atoms with E-state index in [-0.39, 0.29) is 11.8 Å². The summed E-state index contributed by atoms with van der Waals surface area (Å²) >= 11 is 0. The van der Waals surface area contributed by atoms with Crippen LogP contribution >= 0.6 is 0 Å². The van der Waals surface area contributed by atoms with E-state index >= 15 is 0 Å². The van der Waals surface area contributed by atoms with Crippen LogP contribution in [0.5, 0.6) is 5.75 Å². The number of methoxy groups -OCH3 is 1. The molecule has 178 valence electrons. The smallest absolute Gasteiger partial charge is 0.259 e. The molecule has 0 fully saturated rings. The molecule has 4 rings (SSSR count). The lowest BCUT2D eigenvalue weighted by Crippen LogP contribution is -2.30. The summed E-state index contributed by atoms with van der Waals surface area (Å²) in [6.07, 6.45) is 1.72. The first-order chi connectivity index (χ1) is 17.0. The molecule has 0 saturated heterocycles. The van der Waals surface area contributed by atoms with E-state index in [2.05, 4.69) is 5.32 Å². The maximum Gasteiger partial charge on any atom is 0.259 e. The van der Waals surface area contributed by atoms with Crippen molar-refractivity contribution in [2.45, 2.75) is 13.8 Å². The van der Waals surface area contributed by atoms with Crippen molar-refractivity contribution in [3.8, 4) is 22.7 Å². The molecule has 0 spiro atoms. The Hall–Kier alpha value is -4.39. The summed E-state index contributed by atoms with van der Waals surface area (Å²) in [4.78, 5) is 27.9. The van der Waals surface area contributed by atoms with Crippen molar-refractivity contribution in [2.75, 3.05) is 25.5 Å². The minimum Gasteiger partial charge on any atom is -0.497 e. The lowest BCUT2D eigenvalue weighted by molar-refractivity contribution is 0.0772. The number of hydrogen-bond donors (Lipinski definition) is 1. The molecule has 4 aromatic rings. The van der Waals surface area contributed by atoms with Crippen LogP contribution in [0.3, 0.4) is 0 Å². The van der Waals surface area contributed by atoms with Crippen LogP contribution in [0.25, 0.3) is 16.9 Å². The quantitative estimate of drug-likeness (QED) is 0.382. The maximum absolute atomic E-state index is 13.4. The van der Waals surface area contributed by atoms with Gasteiger partial charge in [-0.2, -0.15) is 5.10 Å². The van der Waals surface area contributed by atoms with Crippen LogP contribution < -0.4 is 10.1 Å². The molecule has 1 N–H and O–H groups in total. The summed E-state index contributed by atoms with van der Waals surface area (Å²) in [5.41, 5.74) is 3.66. The van der Waals surface area contributed by atoms with Gasteiger partial charge in [0.05, 0.1) is 18.4 Å². The van der Waals surface area contributed by atoms with Crippen molar-refractivity contribution in [1.82, 2.24) is 14.7 Å². The Morgan fingerprint density at radius 1 is 0.943 bits per heavy atom. The van der Waals surface area contributed by atoms with Crippen LogP contribution in [-0.4, -0.2) is 46.7 Å². The normalized spacial score (nSPS) is 10.6. The molecule has 1 aromatic heterocycles. The number of carbonyl (C=O) groups is 2. The second-order valence-corrected chi connectivity index (χ2v) is 7.91. The molecule has 2 amide bonds. The standard InChI is InChI=1S/C28H28N4O3/c1-4-31(5-2)28(34)21-10-9-11-22(18-21)29-27(33)25-19-32(23-12-7-6-8-13-23)30-26(25)20-14-16-24(35-3)17-15-20/h6-19H,4-5H2,1-3H3,(H,29,33). The second kappa shape index (κ2) is 10.7. The van der Waals surface area contributed by atoms with Crippen molar-refractivity contribution < 1.29 is 14.3 Å². The van der Waals surface area contributed by atoms with E-state index in [0.717, 1.165) is 17.0 Å². The summed E-state index contributed by atoms with van der Waals surface area (Å²) in [6.45, 7) is 5.13. The summed E-state index contributed by atoms with van der Waals surface area (Å²) in [5, 5.41) is 7.65. The number of hydrogen-bond acceptors (Lipinski definition) is 4. The first kappa shape index (κ1) is 23.8. The second-order valence-electron chi connectivity index (χ2n) is 7.91. The third kappa shape index (κ3) is 5.24. The Bertz CT molecular complexity index is 1310. The molecule has 35 heavy (non-hydrogen) atoms. The van der Waals surface area contributed by atoms with Crippen LogP contribution in [0.1, 0.15) is 34.6 Å². The Kier molecular flexibility index (Phi) is 7.26. The van der Waals surface area contributed by atoms with Gasteiger partial charge in [0.1, 0.15) is 11.4 Å². The first-order valence-corrected chi connectivity index (χ1v) is 11.5. The summed E-state index contributed by atoms with van der Waals surface area (Å²) < 4.78 is 6.95. The Balaban J connectivity index is 1.68. The molecule has 0 saturated carbocycles. The van der Waals surface area contributed by atoms with E-state index in [1.807, 2.05) is 68.4 Å². The number of para-hydroxylation sites is 1. The van der Waals surface area contributed by atoms with E-state index in [9.17, 15) is 9.59 Å². The molecule has 3 aromatic carbocycles. The van der Waals surface area contributed by atoms with Crippen molar-refractivity contribution >= 4 is 17.5 Å². The fraction of sp³-hybridized carbons (Fsp3) is 0.179. The van der Waals surface area contributed by atoms with Gasteiger partial charge in [0.15, 0.2) is 0 Å². The predicted molar refractivity (Wildman–Crippen MR) is 137 cm³/mol. The summed E-state index contributed by atoms with van der Waals surface area (Å²) in [7, 11) is 1.61. The van der Waals surface area contributed by atoms with Gasteiger partial charge in [-0.1, -0.05) is 24.3 Å². The third-order valence-corrected chi connectivity index (χ3v) is 5.76. The average molecular weight is 469 g/mol. The molecule has 0 atom stereocenters. The van der Waals surface area contributed by atoms with E-state index in [4.69, 9.17) is 9.84 Å². The van der Waals surface area contributed by atoms with Crippen LogP contribution in [0.2, 0.25) is 0 Å². The van der Waals surface area contributed by atoms with Gasteiger partial charge in [-0.3, -0.25) is 9.59 Å². The largest absolute Gasteiger partial charge is 0.497 e. The number of carbonyl (C=O) groups excluding carboxylic acids is 2. The first-order valence-electron chi connectivity index (χ1n) is 11.5. The number of anilines is 1. The van der Waals surface area contributed by atoms with E-state index in [1.165, 1.54) is 0 Å². The summed E-state index contributed by atoms with van der Waals surface area (Å²) in [5.74, 6) is 0.337. The highest BCUT2D eigenvalue weighted by Gasteiger charge is 2.20. The molecule has 0 bridgehead atoms. The molecule has 0 aliphatic rings. The molecule has 7 nitrogen and oxygen atoms in total. The zero-order chi connectivity index (χ0) is 24.8. The third-order valence-electron chi connectivity index (χ3n) is 5.76. The molecule has 0 aliphatic heterocycles. The van der Waals surface area contributed by atoms with E-state index in [1.54, 1.807) is 47.2 Å². The molecular formula is C28H28N4O3. The molecule has 0 unspecified atom stereocenters. The summed E-state index contributed by atoms with van der Waals surface area (Å²) in [6, 6.07) is 24.0. The molecular weight excluding hydrogens is 440 g/mol. The van der Waals surface area contributed by atoms with Crippen LogP contribution in [-0.2, 0) is 0 Å². The van der Waals surface area contributed by atoms with Crippen LogP contribution in [0, 0.1) is 0 Å². The highest BCUT2D eigenvalue weighted by molar-refractivity contribution is 6.08. The minimum atomic E-state index is -0.314. The number of amides is 2. The Morgan fingerprint density at radius 2 is 1.66 bits per heavy atom. The Labute approximate surface area is 205 Å². The number of rotatable bonds is 8. The minimum absolute atomic E-state index is 0.0677. The van der Waals surface area contributed by atoms with E-state index < -0.39 is 0 Å². The molecule has 1 heterocycles. The van der Waals surface area contributed by atoms with Crippen LogP contribution in [0.15, 0.2) is 85.1 Å². The average Bonchev–Trinajstić information content (AvgIpc) is 3.36. The fourth-order valence-corrected chi connectivity index (χ4v) is 3.84. The van der Waals surface area contributed by atoms with Gasteiger partial charge < -0.3 is 15.0 Å². The zero-order valence-electron chi connectivity index (χ0n) is 20.1. The van der Waals surface area contributed by atoms with Gasteiger partial charge in [-0.05, 0) is 68.4 Å². The zero-order valence-corrected chi connectivity index (χ0v) is 20.1. The molecule has 0 radical (unpaired) electrons. The van der Waals surface area contributed by atoms with Crippen molar-refractivity contribution in [3.63, 3.8) is 0 Å². The lowest BCUT2D eigenvalue weighted by atomic mass is 10.1. The van der Waals surface area contributed by atoms with Crippen molar-refractivity contribution in [3.05, 3.63) is 96.2 Å². The Morgan fingerprint density at radius 3 is 2.31 bits per heavy atom. The lowest BCUT2D eigenvalue weighted by Gasteiger charge is -2.19. The SMILES string of the molecule is CCN(CC)C(=O)c1cccc(NC(=O)c2cn(-c3ccccc3)nc2-c2ccc(OC)cc2)c1. The van der Waals surface area contributed by atoms with Crippen molar-refractivity contribution in [2.24, 2.45) is 0 Å². The number of ether oxygens (including phenoxy) is 1. The highest BCUT2D eigenvalue weighted by atomic mass is 16.5. The molecule has 7 heteroatoms. The highest BCUT2D eigenvalue weighted by Crippen LogP contribution is 2.27. The predicted octanol–water partition coefficient (Wildman–Crippen LogP) is 5.28. The maximum atomic E-state index is 13.4. The van der Waals surface area contributed by atoms with Gasteiger partial charge in [0.25, 0.3) is 11.8 Å². The number of nitrogens with zero attached hydrogens (tertiary/aromatic N) is 3. The van der Waals surface area contributed by atoms with Gasteiger partial charge in [0.2, 0.25) is 0 Å². The number of nitrogens with one attached hydrogen (secondary N) is 1. The molecule has 0 aliphatic carbocycles. The number of benzene rings is 3. The topological polar surface area (TPSA) is 76.5 Å². The monoisotopic (exact) mass is 468 g/mol. The van der Waals surface area contributed by atoms with Gasteiger partial charge >= 0.3 is 0 Å². The number of aromatic nitrogens is 2. The van der Waals surface area contributed by atoms with Crippen LogP contribution in [0.4, 0.5) is 5.69 Å². The van der Waals surface area contributed by atoms with Gasteiger partial charge in [0, 0.05) is 36.1 Å².